The monoisotopic (exact) mass is 253 g/mol. The molecular formula is C14H27N3O. The molecule has 2 atom stereocenters. The summed E-state index contributed by atoms with van der Waals surface area (Å²) < 4.78 is 7.64. The van der Waals surface area contributed by atoms with Crippen LogP contribution in [-0.2, 0) is 11.2 Å². The summed E-state index contributed by atoms with van der Waals surface area (Å²) in [5, 5.41) is 7.91. The number of rotatable bonds is 9. The van der Waals surface area contributed by atoms with E-state index in [1.807, 2.05) is 7.05 Å². The van der Waals surface area contributed by atoms with Crippen molar-refractivity contribution in [2.24, 2.45) is 0 Å². The first-order valence-corrected chi connectivity index (χ1v) is 7.00. The average Bonchev–Trinajstić information content (AvgIpc) is 2.85. The normalized spacial score (nSPS) is 14.7. The van der Waals surface area contributed by atoms with Crippen LogP contribution in [0.5, 0.6) is 0 Å². The molecule has 0 radical (unpaired) electrons. The Morgan fingerprint density at radius 1 is 1.44 bits per heavy atom. The number of likely N-dealkylation sites (N-methyl/N-ethyl adjacent to an activating group) is 1. The fourth-order valence-corrected chi connectivity index (χ4v) is 1.79. The molecule has 4 heteroatoms. The highest BCUT2D eigenvalue weighted by molar-refractivity contribution is 5.02. The van der Waals surface area contributed by atoms with Gasteiger partial charge >= 0.3 is 0 Å². The second-order valence-corrected chi connectivity index (χ2v) is 4.81. The summed E-state index contributed by atoms with van der Waals surface area (Å²) >= 11 is 0. The summed E-state index contributed by atoms with van der Waals surface area (Å²) in [6.07, 6.45) is 5.17. The Balaban J connectivity index is 2.46. The molecule has 0 spiro atoms. The molecule has 1 aromatic heterocycles. The van der Waals surface area contributed by atoms with Crippen LogP contribution in [0.4, 0.5) is 0 Å². The Morgan fingerprint density at radius 2 is 2.22 bits per heavy atom. The molecule has 1 N–H and O–H groups in total. The van der Waals surface area contributed by atoms with Crippen LogP contribution in [0, 0.1) is 0 Å². The maximum atomic E-state index is 5.59. The molecule has 1 aromatic rings. The molecule has 0 aliphatic heterocycles. The highest BCUT2D eigenvalue weighted by Gasteiger charge is 2.11. The molecule has 4 nitrogen and oxygen atoms in total. The third-order valence-corrected chi connectivity index (χ3v) is 3.24. The topological polar surface area (TPSA) is 39.1 Å². The Labute approximate surface area is 111 Å². The molecule has 2 unspecified atom stereocenters. The number of nitrogens with zero attached hydrogens (tertiary/aromatic N) is 2. The van der Waals surface area contributed by atoms with Gasteiger partial charge in [-0.2, -0.15) is 5.10 Å². The molecule has 0 amide bonds. The van der Waals surface area contributed by atoms with E-state index < -0.39 is 0 Å². The lowest BCUT2D eigenvalue weighted by Gasteiger charge is -2.15. The highest BCUT2D eigenvalue weighted by Crippen LogP contribution is 2.10. The zero-order chi connectivity index (χ0) is 13.4. The lowest BCUT2D eigenvalue weighted by molar-refractivity contribution is 0.113. The number of hydrogen-bond donors (Lipinski definition) is 1. The predicted octanol–water partition coefficient (Wildman–Crippen LogP) is 2.41. The van der Waals surface area contributed by atoms with Gasteiger partial charge in [0, 0.05) is 31.3 Å². The molecule has 0 aliphatic rings. The van der Waals surface area contributed by atoms with Crippen molar-refractivity contribution in [3.63, 3.8) is 0 Å². The second kappa shape index (κ2) is 8.27. The van der Waals surface area contributed by atoms with Gasteiger partial charge in [-0.3, -0.25) is 4.68 Å². The SMILES string of the molecule is CCCOCC(Cc1ccn(C(C)CC)n1)NC. The Hall–Kier alpha value is -0.870. The zero-order valence-electron chi connectivity index (χ0n) is 12.1. The van der Waals surface area contributed by atoms with Crippen LogP contribution in [-0.4, -0.2) is 36.1 Å². The summed E-state index contributed by atoms with van der Waals surface area (Å²) in [5.74, 6) is 0. The van der Waals surface area contributed by atoms with Crippen molar-refractivity contribution >= 4 is 0 Å². The van der Waals surface area contributed by atoms with Crippen molar-refractivity contribution in [3.05, 3.63) is 18.0 Å². The van der Waals surface area contributed by atoms with Crippen LogP contribution >= 0.6 is 0 Å². The molecule has 0 aliphatic carbocycles. The zero-order valence-corrected chi connectivity index (χ0v) is 12.1. The van der Waals surface area contributed by atoms with E-state index in [0.29, 0.717) is 12.1 Å². The van der Waals surface area contributed by atoms with Gasteiger partial charge in [0.2, 0.25) is 0 Å². The largest absolute Gasteiger partial charge is 0.380 e. The van der Waals surface area contributed by atoms with E-state index in [2.05, 4.69) is 48.1 Å². The van der Waals surface area contributed by atoms with Crippen molar-refractivity contribution in [2.75, 3.05) is 20.3 Å². The fraction of sp³-hybridized carbons (Fsp3) is 0.786. The summed E-state index contributed by atoms with van der Waals surface area (Å²) in [5.41, 5.74) is 1.13. The van der Waals surface area contributed by atoms with E-state index in [0.717, 1.165) is 38.2 Å². The Morgan fingerprint density at radius 3 is 2.83 bits per heavy atom. The van der Waals surface area contributed by atoms with Gasteiger partial charge in [0.15, 0.2) is 0 Å². The maximum absolute atomic E-state index is 5.59. The lowest BCUT2D eigenvalue weighted by atomic mass is 10.2. The van der Waals surface area contributed by atoms with Crippen LogP contribution < -0.4 is 5.32 Å². The van der Waals surface area contributed by atoms with Gasteiger partial charge in [-0.15, -0.1) is 0 Å². The summed E-state index contributed by atoms with van der Waals surface area (Å²) in [6, 6.07) is 2.93. The van der Waals surface area contributed by atoms with E-state index >= 15 is 0 Å². The van der Waals surface area contributed by atoms with E-state index in [4.69, 9.17) is 4.74 Å². The van der Waals surface area contributed by atoms with E-state index in [1.54, 1.807) is 0 Å². The second-order valence-electron chi connectivity index (χ2n) is 4.81. The van der Waals surface area contributed by atoms with Gasteiger partial charge in [-0.1, -0.05) is 13.8 Å². The molecule has 0 fully saturated rings. The molecular weight excluding hydrogens is 226 g/mol. The first-order valence-electron chi connectivity index (χ1n) is 7.00. The van der Waals surface area contributed by atoms with Crippen molar-refractivity contribution < 1.29 is 4.74 Å². The molecule has 1 heterocycles. The Bertz CT molecular complexity index is 325. The van der Waals surface area contributed by atoms with Crippen molar-refractivity contribution in [1.82, 2.24) is 15.1 Å². The van der Waals surface area contributed by atoms with Crippen molar-refractivity contribution in [3.8, 4) is 0 Å². The van der Waals surface area contributed by atoms with Gasteiger partial charge in [0.1, 0.15) is 0 Å². The average molecular weight is 253 g/mol. The number of aromatic nitrogens is 2. The first kappa shape index (κ1) is 15.2. The molecule has 18 heavy (non-hydrogen) atoms. The van der Waals surface area contributed by atoms with Crippen LogP contribution in [0.15, 0.2) is 12.3 Å². The van der Waals surface area contributed by atoms with Crippen LogP contribution in [0.25, 0.3) is 0 Å². The van der Waals surface area contributed by atoms with Gasteiger partial charge in [-0.05, 0) is 32.9 Å². The number of nitrogens with one attached hydrogen (secondary N) is 1. The minimum Gasteiger partial charge on any atom is -0.380 e. The van der Waals surface area contributed by atoms with Gasteiger partial charge in [0.05, 0.1) is 12.3 Å². The number of ether oxygens (including phenoxy) is 1. The summed E-state index contributed by atoms with van der Waals surface area (Å²) in [6.45, 7) is 8.08. The summed E-state index contributed by atoms with van der Waals surface area (Å²) in [4.78, 5) is 0. The minimum absolute atomic E-state index is 0.344. The van der Waals surface area contributed by atoms with E-state index in [-0.39, 0.29) is 0 Å². The molecule has 0 saturated heterocycles. The first-order chi connectivity index (χ1) is 8.71. The lowest BCUT2D eigenvalue weighted by Crippen LogP contribution is -2.32. The molecule has 1 rings (SSSR count). The van der Waals surface area contributed by atoms with Gasteiger partial charge < -0.3 is 10.1 Å². The smallest absolute Gasteiger partial charge is 0.0641 e. The minimum atomic E-state index is 0.344. The van der Waals surface area contributed by atoms with Crippen molar-refractivity contribution in [1.29, 1.82) is 0 Å². The summed E-state index contributed by atoms with van der Waals surface area (Å²) in [7, 11) is 1.98. The van der Waals surface area contributed by atoms with Crippen LogP contribution in [0.2, 0.25) is 0 Å². The molecule has 0 saturated carbocycles. The van der Waals surface area contributed by atoms with Crippen LogP contribution in [0.3, 0.4) is 0 Å². The third-order valence-electron chi connectivity index (χ3n) is 3.24. The third kappa shape index (κ3) is 4.78. The molecule has 0 bridgehead atoms. The van der Waals surface area contributed by atoms with Gasteiger partial charge in [0.25, 0.3) is 0 Å². The van der Waals surface area contributed by atoms with Crippen LogP contribution in [0.1, 0.15) is 45.3 Å². The quantitative estimate of drug-likeness (QED) is 0.687. The molecule has 104 valence electrons. The van der Waals surface area contributed by atoms with Gasteiger partial charge in [-0.25, -0.2) is 0 Å². The molecule has 0 aromatic carbocycles. The maximum Gasteiger partial charge on any atom is 0.0641 e. The highest BCUT2D eigenvalue weighted by atomic mass is 16.5. The predicted molar refractivity (Wildman–Crippen MR) is 74.9 cm³/mol. The van der Waals surface area contributed by atoms with E-state index in [1.165, 1.54) is 0 Å². The number of hydrogen-bond acceptors (Lipinski definition) is 3. The van der Waals surface area contributed by atoms with Crippen molar-refractivity contribution in [2.45, 2.75) is 52.1 Å². The van der Waals surface area contributed by atoms with E-state index in [9.17, 15) is 0 Å². The fourth-order valence-electron chi connectivity index (χ4n) is 1.79. The standard InChI is InChI=1S/C14H27N3O/c1-5-9-18-11-14(15-4)10-13-7-8-17(16-13)12(3)6-2/h7-8,12,14-15H,5-6,9-11H2,1-4H3. The Kier molecular flexibility index (Phi) is 6.98.